The summed E-state index contributed by atoms with van der Waals surface area (Å²) >= 11 is 0. The van der Waals surface area contributed by atoms with Crippen molar-refractivity contribution in [3.05, 3.63) is 23.9 Å². The molecule has 0 spiro atoms. The van der Waals surface area contributed by atoms with Gasteiger partial charge in [-0.3, -0.25) is 4.99 Å². The number of hydrogen-bond acceptors (Lipinski definition) is 1. The van der Waals surface area contributed by atoms with Gasteiger partial charge in [-0.2, -0.15) is 0 Å². The highest BCUT2D eigenvalue weighted by Crippen LogP contribution is 2.08. The molecule has 0 radical (unpaired) electrons. The summed E-state index contributed by atoms with van der Waals surface area (Å²) in [7, 11) is 0. The topological polar surface area (TPSA) is 12.4 Å². The maximum Gasteiger partial charge on any atom is 0.0260 e. The molecule has 0 unspecified atom stereocenters. The molecule has 1 heteroatoms. The maximum atomic E-state index is 3.63. The van der Waals surface area contributed by atoms with Crippen LogP contribution in [0.25, 0.3) is 0 Å². The summed E-state index contributed by atoms with van der Waals surface area (Å²) in [5, 5.41) is 0. The summed E-state index contributed by atoms with van der Waals surface area (Å²) in [5.41, 5.74) is 1.48. The van der Waals surface area contributed by atoms with Crippen LogP contribution in [0.15, 0.2) is 28.9 Å². The molecule has 0 bridgehead atoms. The molecule has 0 N–H and O–H groups in total. The van der Waals surface area contributed by atoms with Crippen LogP contribution in [-0.2, 0) is 0 Å². The van der Waals surface area contributed by atoms with Gasteiger partial charge < -0.3 is 0 Å². The summed E-state index contributed by atoms with van der Waals surface area (Å²) < 4.78 is 0. The van der Waals surface area contributed by atoms with Gasteiger partial charge in [0.1, 0.15) is 0 Å². The summed E-state index contributed by atoms with van der Waals surface area (Å²) in [6, 6.07) is 0. The van der Waals surface area contributed by atoms with Crippen LogP contribution >= 0.6 is 0 Å². The smallest absolute Gasteiger partial charge is 0.0260 e. The second-order valence-corrected chi connectivity index (χ2v) is 2.45. The van der Waals surface area contributed by atoms with E-state index in [1.807, 2.05) is 6.08 Å². The first kappa shape index (κ1) is 10.2. The molecule has 0 atom stereocenters. The van der Waals surface area contributed by atoms with Crippen LogP contribution < -0.4 is 0 Å². The van der Waals surface area contributed by atoms with Crippen LogP contribution in [-0.4, -0.2) is 6.72 Å². The van der Waals surface area contributed by atoms with Crippen molar-refractivity contribution < 1.29 is 0 Å². The third-order valence-corrected chi connectivity index (χ3v) is 1.55. The monoisotopic (exact) mass is 151 g/mol. The normalized spacial score (nSPS) is 12.4. The molecular weight excluding hydrogens is 134 g/mol. The van der Waals surface area contributed by atoms with Gasteiger partial charge in [0.05, 0.1) is 0 Å². The van der Waals surface area contributed by atoms with Gasteiger partial charge in [-0.25, -0.2) is 0 Å². The standard InChI is InChI=1S/C10H17N/c1-4-7-10(5-2)8-6-9-11-3/h6,8-9H,3-5,7H2,1-2H3/b9-6-,10-8-. The van der Waals surface area contributed by atoms with Crippen LogP contribution in [0.1, 0.15) is 33.1 Å². The third-order valence-electron chi connectivity index (χ3n) is 1.55. The largest absolute Gasteiger partial charge is 0.273 e. The van der Waals surface area contributed by atoms with E-state index in [2.05, 4.69) is 31.6 Å². The fourth-order valence-corrected chi connectivity index (χ4v) is 0.939. The van der Waals surface area contributed by atoms with Crippen molar-refractivity contribution in [3.63, 3.8) is 0 Å². The van der Waals surface area contributed by atoms with E-state index in [0.29, 0.717) is 0 Å². The van der Waals surface area contributed by atoms with Crippen LogP contribution in [0.5, 0.6) is 0 Å². The van der Waals surface area contributed by atoms with Crippen molar-refractivity contribution in [1.29, 1.82) is 0 Å². The zero-order valence-corrected chi connectivity index (χ0v) is 7.51. The van der Waals surface area contributed by atoms with Gasteiger partial charge in [0.15, 0.2) is 0 Å². The summed E-state index contributed by atoms with van der Waals surface area (Å²) in [6.45, 7) is 7.73. The number of allylic oxidation sites excluding steroid dienone is 3. The van der Waals surface area contributed by atoms with Crippen LogP contribution in [0.4, 0.5) is 0 Å². The lowest BCUT2D eigenvalue weighted by atomic mass is 10.1. The Morgan fingerprint density at radius 2 is 2.18 bits per heavy atom. The van der Waals surface area contributed by atoms with Crippen LogP contribution in [0.2, 0.25) is 0 Å². The molecule has 0 aromatic carbocycles. The van der Waals surface area contributed by atoms with Crippen molar-refractivity contribution in [2.45, 2.75) is 33.1 Å². The maximum absolute atomic E-state index is 3.63. The molecule has 1 nitrogen and oxygen atoms in total. The zero-order chi connectivity index (χ0) is 8.53. The van der Waals surface area contributed by atoms with Crippen molar-refractivity contribution in [2.75, 3.05) is 0 Å². The SMILES string of the molecule is C=N/C=C\C=C(\CC)CCC. The average Bonchev–Trinajstić information content (AvgIpc) is 2.03. The fraction of sp³-hybridized carbons (Fsp3) is 0.500. The highest BCUT2D eigenvalue weighted by Gasteiger charge is 1.88. The summed E-state index contributed by atoms with van der Waals surface area (Å²) in [6.07, 6.45) is 9.33. The number of aliphatic imine (C=N–C) groups is 1. The molecule has 0 amide bonds. The van der Waals surface area contributed by atoms with E-state index in [1.165, 1.54) is 18.4 Å². The quantitative estimate of drug-likeness (QED) is 0.422. The first-order valence-corrected chi connectivity index (χ1v) is 4.15. The Labute approximate surface area is 69.5 Å². The predicted molar refractivity (Wildman–Crippen MR) is 52.0 cm³/mol. The lowest BCUT2D eigenvalue weighted by molar-refractivity contribution is 0.859. The van der Waals surface area contributed by atoms with Crippen molar-refractivity contribution >= 4 is 6.72 Å². The predicted octanol–water partition coefficient (Wildman–Crippen LogP) is 3.34. The second-order valence-electron chi connectivity index (χ2n) is 2.45. The molecule has 0 aliphatic rings. The van der Waals surface area contributed by atoms with Crippen LogP contribution in [0, 0.1) is 0 Å². The van der Waals surface area contributed by atoms with E-state index >= 15 is 0 Å². The summed E-state index contributed by atoms with van der Waals surface area (Å²) in [4.78, 5) is 3.63. The van der Waals surface area contributed by atoms with E-state index in [0.717, 1.165) is 6.42 Å². The molecular formula is C10H17N. The minimum atomic E-state index is 1.13. The third kappa shape index (κ3) is 5.59. The van der Waals surface area contributed by atoms with Crippen molar-refractivity contribution in [2.24, 2.45) is 4.99 Å². The van der Waals surface area contributed by atoms with E-state index in [4.69, 9.17) is 0 Å². The Morgan fingerprint density at radius 3 is 2.64 bits per heavy atom. The van der Waals surface area contributed by atoms with Gasteiger partial charge >= 0.3 is 0 Å². The van der Waals surface area contributed by atoms with Gasteiger partial charge in [0.2, 0.25) is 0 Å². The van der Waals surface area contributed by atoms with Crippen molar-refractivity contribution in [3.8, 4) is 0 Å². The highest BCUT2D eigenvalue weighted by molar-refractivity contribution is 5.26. The molecule has 62 valence electrons. The van der Waals surface area contributed by atoms with Gasteiger partial charge in [-0.15, -0.1) is 0 Å². The van der Waals surface area contributed by atoms with Gasteiger partial charge in [0, 0.05) is 6.20 Å². The molecule has 0 saturated heterocycles. The molecule has 0 aromatic rings. The number of rotatable bonds is 5. The number of hydrogen-bond donors (Lipinski definition) is 0. The Morgan fingerprint density at radius 1 is 1.45 bits per heavy atom. The summed E-state index contributed by atoms with van der Waals surface area (Å²) in [5.74, 6) is 0. The first-order chi connectivity index (χ1) is 5.35. The van der Waals surface area contributed by atoms with E-state index < -0.39 is 0 Å². The lowest BCUT2D eigenvalue weighted by Gasteiger charge is -1.98. The molecule has 0 aromatic heterocycles. The van der Waals surface area contributed by atoms with E-state index in [9.17, 15) is 0 Å². The molecule has 0 aliphatic heterocycles. The number of nitrogens with zero attached hydrogens (tertiary/aromatic N) is 1. The molecule has 0 heterocycles. The molecule has 0 fully saturated rings. The van der Waals surface area contributed by atoms with E-state index in [1.54, 1.807) is 6.20 Å². The van der Waals surface area contributed by atoms with Gasteiger partial charge in [0.25, 0.3) is 0 Å². The van der Waals surface area contributed by atoms with Gasteiger partial charge in [-0.1, -0.05) is 31.9 Å². The van der Waals surface area contributed by atoms with Crippen LogP contribution in [0.3, 0.4) is 0 Å². The highest BCUT2D eigenvalue weighted by atomic mass is 14.6. The molecule has 0 aliphatic carbocycles. The van der Waals surface area contributed by atoms with E-state index in [-0.39, 0.29) is 0 Å². The average molecular weight is 151 g/mol. The zero-order valence-electron chi connectivity index (χ0n) is 7.51. The second kappa shape index (κ2) is 7.26. The Kier molecular flexibility index (Phi) is 6.70. The Bertz CT molecular complexity index is 154. The molecule has 11 heavy (non-hydrogen) atoms. The van der Waals surface area contributed by atoms with Gasteiger partial charge in [-0.05, 0) is 25.6 Å². The lowest BCUT2D eigenvalue weighted by Crippen LogP contribution is -1.78. The fourth-order valence-electron chi connectivity index (χ4n) is 0.939. The Balaban J connectivity index is 3.88. The first-order valence-electron chi connectivity index (χ1n) is 4.15. The van der Waals surface area contributed by atoms with Crippen molar-refractivity contribution in [1.82, 2.24) is 0 Å². The molecule has 0 rings (SSSR count). The Hall–Kier alpha value is -0.850. The minimum absolute atomic E-state index is 1.13. The molecule has 0 saturated carbocycles. The minimum Gasteiger partial charge on any atom is -0.273 e.